The molecule has 1 heterocycles. The first-order chi connectivity index (χ1) is 10.1. The quantitative estimate of drug-likeness (QED) is 0.833. The minimum Gasteiger partial charge on any atom is -0.434 e. The van der Waals surface area contributed by atoms with Gasteiger partial charge in [-0.1, -0.05) is 15.9 Å². The molecule has 1 aromatic carbocycles. The van der Waals surface area contributed by atoms with E-state index >= 15 is 0 Å². The van der Waals surface area contributed by atoms with Gasteiger partial charge < -0.3 is 20.1 Å². The van der Waals surface area contributed by atoms with Crippen molar-refractivity contribution in [2.45, 2.75) is 19.3 Å². The number of carbonyl (C=O) groups is 1. The molecule has 0 radical (unpaired) electrons. The summed E-state index contributed by atoms with van der Waals surface area (Å²) in [6, 6.07) is 4.64. The van der Waals surface area contributed by atoms with Crippen LogP contribution < -0.4 is 15.4 Å². The molecule has 0 aromatic heterocycles. The number of carbonyl (C=O) groups excluding carboxylic acids is 1. The van der Waals surface area contributed by atoms with Crippen molar-refractivity contribution in [1.82, 2.24) is 10.6 Å². The average Bonchev–Trinajstić information content (AvgIpc) is 2.47. The van der Waals surface area contributed by atoms with Crippen molar-refractivity contribution in [2.24, 2.45) is 0 Å². The van der Waals surface area contributed by atoms with Gasteiger partial charge in [0, 0.05) is 29.7 Å². The summed E-state index contributed by atoms with van der Waals surface area (Å²) in [5.41, 5.74) is 0.460. The van der Waals surface area contributed by atoms with Gasteiger partial charge in [0.1, 0.15) is 11.9 Å². The summed E-state index contributed by atoms with van der Waals surface area (Å²) in [5, 5.41) is 5.70. The summed E-state index contributed by atoms with van der Waals surface area (Å²) in [6.45, 7) is -1.21. The minimum absolute atomic E-state index is 0.0381. The fraction of sp³-hybridized carbons (Fsp3) is 0.462. The third-order valence-electron chi connectivity index (χ3n) is 2.91. The monoisotopic (exact) mass is 364 g/mol. The number of rotatable bonds is 5. The Kier molecular flexibility index (Phi) is 5.89. The van der Waals surface area contributed by atoms with E-state index in [2.05, 4.69) is 31.3 Å². The van der Waals surface area contributed by atoms with Crippen LogP contribution in [0.5, 0.6) is 5.75 Å². The number of benzene rings is 1. The van der Waals surface area contributed by atoms with Gasteiger partial charge in [0.25, 0.3) is 5.91 Å². The van der Waals surface area contributed by atoms with E-state index in [1.807, 2.05) is 0 Å². The van der Waals surface area contributed by atoms with E-state index in [-0.39, 0.29) is 18.2 Å². The molecule has 1 aliphatic rings. The van der Waals surface area contributed by atoms with Crippen molar-refractivity contribution < 1.29 is 23.0 Å². The normalized spacial score (nSPS) is 18.6. The van der Waals surface area contributed by atoms with Gasteiger partial charge in [-0.05, 0) is 18.2 Å². The zero-order chi connectivity index (χ0) is 15.2. The average molecular weight is 365 g/mol. The molecule has 1 amide bonds. The lowest BCUT2D eigenvalue weighted by Crippen LogP contribution is -2.47. The zero-order valence-electron chi connectivity index (χ0n) is 11.1. The molecule has 116 valence electrons. The van der Waals surface area contributed by atoms with Gasteiger partial charge in [-0.2, -0.15) is 8.78 Å². The maximum absolute atomic E-state index is 12.3. The second kappa shape index (κ2) is 7.67. The zero-order valence-corrected chi connectivity index (χ0v) is 12.7. The predicted octanol–water partition coefficient (Wildman–Crippen LogP) is 1.66. The number of halogens is 3. The van der Waals surface area contributed by atoms with E-state index in [9.17, 15) is 13.6 Å². The molecule has 2 rings (SSSR count). The third kappa shape index (κ3) is 4.90. The van der Waals surface area contributed by atoms with Crippen LogP contribution in [0, 0.1) is 0 Å². The van der Waals surface area contributed by atoms with Gasteiger partial charge in [-0.15, -0.1) is 0 Å². The van der Waals surface area contributed by atoms with E-state index in [1.165, 1.54) is 6.07 Å². The topological polar surface area (TPSA) is 59.6 Å². The van der Waals surface area contributed by atoms with Gasteiger partial charge in [0.15, 0.2) is 0 Å². The Hall–Kier alpha value is -1.25. The number of hydrogen-bond acceptors (Lipinski definition) is 4. The first-order valence-corrected chi connectivity index (χ1v) is 7.19. The number of alkyl halides is 2. The van der Waals surface area contributed by atoms with Crippen LogP contribution in [0.2, 0.25) is 0 Å². The molecule has 21 heavy (non-hydrogen) atoms. The van der Waals surface area contributed by atoms with E-state index in [0.29, 0.717) is 29.7 Å². The van der Waals surface area contributed by atoms with Crippen LogP contribution in [-0.4, -0.2) is 38.3 Å². The van der Waals surface area contributed by atoms with E-state index in [0.717, 1.165) is 0 Å². The van der Waals surface area contributed by atoms with Crippen LogP contribution in [0.4, 0.5) is 8.78 Å². The van der Waals surface area contributed by atoms with Crippen molar-refractivity contribution in [2.75, 3.05) is 19.7 Å². The molecule has 2 N–H and O–H groups in total. The first-order valence-electron chi connectivity index (χ1n) is 6.39. The maximum Gasteiger partial charge on any atom is 0.387 e. The van der Waals surface area contributed by atoms with Crippen LogP contribution >= 0.6 is 15.9 Å². The highest BCUT2D eigenvalue weighted by Crippen LogP contribution is 2.24. The fourth-order valence-electron chi connectivity index (χ4n) is 1.93. The Morgan fingerprint density at radius 1 is 1.57 bits per heavy atom. The van der Waals surface area contributed by atoms with Crippen LogP contribution in [0.1, 0.15) is 5.56 Å². The molecule has 0 spiro atoms. The number of amides is 1. The van der Waals surface area contributed by atoms with Crippen LogP contribution in [0.25, 0.3) is 0 Å². The second-order valence-electron chi connectivity index (χ2n) is 4.41. The molecule has 0 saturated carbocycles. The number of morpholine rings is 1. The Labute approximate surface area is 129 Å². The van der Waals surface area contributed by atoms with Crippen LogP contribution in [-0.2, 0) is 16.1 Å². The minimum atomic E-state index is -2.91. The standard InChI is InChI=1S/C13H15BrF2N2O3/c14-9-1-2-10(21-13(15)16)8(5-9)6-18-12(19)11-7-17-3-4-20-11/h1-2,5,11,13,17H,3-4,6-7H2,(H,18,19). The predicted molar refractivity (Wildman–Crippen MR) is 75.2 cm³/mol. The maximum atomic E-state index is 12.3. The molecule has 5 nitrogen and oxygen atoms in total. The molecule has 1 unspecified atom stereocenters. The highest BCUT2D eigenvalue weighted by atomic mass is 79.9. The Balaban J connectivity index is 1.97. The van der Waals surface area contributed by atoms with Crippen molar-refractivity contribution in [3.63, 3.8) is 0 Å². The number of hydrogen-bond donors (Lipinski definition) is 2. The molecule has 0 aliphatic carbocycles. The molecule has 1 fully saturated rings. The van der Waals surface area contributed by atoms with E-state index in [1.54, 1.807) is 12.1 Å². The Morgan fingerprint density at radius 3 is 3.05 bits per heavy atom. The number of ether oxygens (including phenoxy) is 2. The van der Waals surface area contributed by atoms with Gasteiger partial charge in [-0.25, -0.2) is 0 Å². The van der Waals surface area contributed by atoms with Gasteiger partial charge in [0.05, 0.1) is 6.61 Å². The lowest BCUT2D eigenvalue weighted by molar-refractivity contribution is -0.134. The fourth-order valence-corrected chi connectivity index (χ4v) is 2.34. The highest BCUT2D eigenvalue weighted by molar-refractivity contribution is 9.10. The summed E-state index contributed by atoms with van der Waals surface area (Å²) in [7, 11) is 0. The Morgan fingerprint density at radius 2 is 2.38 bits per heavy atom. The van der Waals surface area contributed by atoms with Crippen molar-refractivity contribution in [3.05, 3.63) is 28.2 Å². The Bertz CT molecular complexity index is 496. The van der Waals surface area contributed by atoms with Crippen LogP contribution in [0.3, 0.4) is 0 Å². The highest BCUT2D eigenvalue weighted by Gasteiger charge is 2.21. The molecule has 8 heteroatoms. The smallest absolute Gasteiger partial charge is 0.387 e. The molecular formula is C13H15BrF2N2O3. The summed E-state index contributed by atoms with van der Waals surface area (Å²) < 4.78 is 35.1. The van der Waals surface area contributed by atoms with E-state index in [4.69, 9.17) is 4.74 Å². The second-order valence-corrected chi connectivity index (χ2v) is 5.33. The molecule has 1 aliphatic heterocycles. The molecule has 1 aromatic rings. The summed E-state index contributed by atoms with van der Waals surface area (Å²) in [4.78, 5) is 11.9. The van der Waals surface area contributed by atoms with E-state index < -0.39 is 12.7 Å². The largest absolute Gasteiger partial charge is 0.434 e. The summed E-state index contributed by atoms with van der Waals surface area (Å²) in [5.74, 6) is -0.249. The third-order valence-corrected chi connectivity index (χ3v) is 3.40. The van der Waals surface area contributed by atoms with Crippen LogP contribution in [0.15, 0.2) is 22.7 Å². The molecule has 1 atom stereocenters. The van der Waals surface area contributed by atoms with Crippen molar-refractivity contribution >= 4 is 21.8 Å². The van der Waals surface area contributed by atoms with Gasteiger partial charge >= 0.3 is 6.61 Å². The summed E-state index contributed by atoms with van der Waals surface area (Å²) in [6.07, 6.45) is -0.564. The molecule has 0 bridgehead atoms. The van der Waals surface area contributed by atoms with Gasteiger partial charge in [-0.3, -0.25) is 4.79 Å². The summed E-state index contributed by atoms with van der Waals surface area (Å²) >= 11 is 3.26. The number of nitrogens with one attached hydrogen (secondary N) is 2. The SMILES string of the molecule is O=C(NCc1cc(Br)ccc1OC(F)F)C1CNCCO1. The van der Waals surface area contributed by atoms with Gasteiger partial charge in [0.2, 0.25) is 0 Å². The lowest BCUT2D eigenvalue weighted by atomic mass is 10.2. The lowest BCUT2D eigenvalue weighted by Gasteiger charge is -2.23. The first kappa shape index (κ1) is 16.1. The van der Waals surface area contributed by atoms with Crippen molar-refractivity contribution in [1.29, 1.82) is 0 Å². The molecule has 1 saturated heterocycles. The van der Waals surface area contributed by atoms with Crippen molar-refractivity contribution in [3.8, 4) is 5.75 Å². The molecular weight excluding hydrogens is 350 g/mol.